The molecule has 0 spiro atoms. The van der Waals surface area contributed by atoms with Crippen LogP contribution in [0.25, 0.3) is 0 Å². The van der Waals surface area contributed by atoms with Gasteiger partial charge in [0.2, 0.25) is 8.32 Å². The Hall–Kier alpha value is -0.803. The van der Waals surface area contributed by atoms with Crippen LogP contribution in [0.3, 0.4) is 0 Å². The monoisotopic (exact) mass is 280 g/mol. The van der Waals surface area contributed by atoms with Gasteiger partial charge >= 0.3 is 0 Å². The largest absolute Gasteiger partial charge is 0.543 e. The van der Waals surface area contributed by atoms with Crippen LogP contribution in [0.1, 0.15) is 40.2 Å². The molecule has 19 heavy (non-hydrogen) atoms. The first-order valence-corrected chi connectivity index (χ1v) is 9.81. The molecule has 0 fully saturated rings. The van der Waals surface area contributed by atoms with Crippen LogP contribution in [0.2, 0.25) is 18.1 Å². The maximum atomic E-state index is 9.47. The highest BCUT2D eigenvalue weighted by molar-refractivity contribution is 6.74. The molecule has 3 heteroatoms. The SMILES string of the molecule is CC(C)(CO)c1cccc(O[Si](C)(C)C(C)(C)C)c1. The fourth-order valence-corrected chi connectivity index (χ4v) is 2.54. The molecular weight excluding hydrogens is 252 g/mol. The number of hydrogen-bond donors (Lipinski definition) is 1. The number of aliphatic hydroxyl groups excluding tert-OH is 1. The molecule has 0 saturated heterocycles. The van der Waals surface area contributed by atoms with Gasteiger partial charge in [0.1, 0.15) is 5.75 Å². The molecule has 108 valence electrons. The van der Waals surface area contributed by atoms with Crippen molar-refractivity contribution in [2.75, 3.05) is 6.61 Å². The molecule has 0 aromatic heterocycles. The molecule has 2 nitrogen and oxygen atoms in total. The van der Waals surface area contributed by atoms with Crippen molar-refractivity contribution in [1.82, 2.24) is 0 Å². The van der Waals surface area contributed by atoms with Gasteiger partial charge in [-0.05, 0) is 35.8 Å². The minimum absolute atomic E-state index is 0.135. The zero-order valence-electron chi connectivity index (χ0n) is 13.4. The van der Waals surface area contributed by atoms with Gasteiger partial charge in [-0.15, -0.1) is 0 Å². The van der Waals surface area contributed by atoms with Gasteiger partial charge in [0.15, 0.2) is 0 Å². The Balaban J connectivity index is 3.02. The molecule has 0 radical (unpaired) electrons. The maximum Gasteiger partial charge on any atom is 0.250 e. The van der Waals surface area contributed by atoms with Crippen LogP contribution < -0.4 is 4.43 Å². The summed E-state index contributed by atoms with van der Waals surface area (Å²) in [7, 11) is -1.80. The van der Waals surface area contributed by atoms with E-state index in [9.17, 15) is 5.11 Å². The van der Waals surface area contributed by atoms with Crippen molar-refractivity contribution < 1.29 is 9.53 Å². The van der Waals surface area contributed by atoms with Crippen LogP contribution >= 0.6 is 0 Å². The van der Waals surface area contributed by atoms with E-state index >= 15 is 0 Å². The summed E-state index contributed by atoms with van der Waals surface area (Å²) >= 11 is 0. The van der Waals surface area contributed by atoms with Crippen LogP contribution in [0.15, 0.2) is 24.3 Å². The van der Waals surface area contributed by atoms with Gasteiger partial charge in [-0.3, -0.25) is 0 Å². The van der Waals surface area contributed by atoms with Crippen molar-refractivity contribution in [3.05, 3.63) is 29.8 Å². The van der Waals surface area contributed by atoms with E-state index in [4.69, 9.17) is 4.43 Å². The second-order valence-electron chi connectivity index (χ2n) is 7.43. The van der Waals surface area contributed by atoms with Gasteiger partial charge in [0.05, 0.1) is 6.61 Å². The minimum Gasteiger partial charge on any atom is -0.543 e. The highest BCUT2D eigenvalue weighted by Gasteiger charge is 2.39. The second-order valence-corrected chi connectivity index (χ2v) is 12.2. The lowest BCUT2D eigenvalue weighted by Gasteiger charge is -2.36. The number of aliphatic hydroxyl groups is 1. The Kier molecular flexibility index (Phi) is 4.53. The van der Waals surface area contributed by atoms with Crippen LogP contribution in [-0.2, 0) is 5.41 Å². The van der Waals surface area contributed by atoms with E-state index in [1.165, 1.54) is 0 Å². The van der Waals surface area contributed by atoms with Crippen LogP contribution in [0.4, 0.5) is 0 Å². The third kappa shape index (κ3) is 3.83. The maximum absolute atomic E-state index is 9.47. The summed E-state index contributed by atoms with van der Waals surface area (Å²) in [4.78, 5) is 0. The Morgan fingerprint density at radius 1 is 1.11 bits per heavy atom. The predicted molar refractivity (Wildman–Crippen MR) is 84.4 cm³/mol. The average molecular weight is 280 g/mol. The Morgan fingerprint density at radius 2 is 1.68 bits per heavy atom. The highest BCUT2D eigenvalue weighted by Crippen LogP contribution is 2.38. The van der Waals surface area contributed by atoms with E-state index in [0.29, 0.717) is 0 Å². The van der Waals surface area contributed by atoms with Crippen LogP contribution in [0, 0.1) is 0 Å². The molecule has 0 atom stereocenters. The first kappa shape index (κ1) is 16.3. The zero-order chi connectivity index (χ0) is 14.9. The highest BCUT2D eigenvalue weighted by atomic mass is 28.4. The molecule has 0 saturated carbocycles. The van der Waals surface area contributed by atoms with Crippen LogP contribution in [0.5, 0.6) is 5.75 Å². The molecule has 0 aliphatic rings. The Bertz CT molecular complexity index is 431. The van der Waals surface area contributed by atoms with Crippen molar-refractivity contribution in [1.29, 1.82) is 0 Å². The summed E-state index contributed by atoms with van der Waals surface area (Å²) in [6, 6.07) is 8.14. The number of rotatable bonds is 4. The Labute approximate surface area is 118 Å². The molecule has 0 aliphatic carbocycles. The van der Waals surface area contributed by atoms with Crippen molar-refractivity contribution in [2.24, 2.45) is 0 Å². The lowest BCUT2D eigenvalue weighted by atomic mass is 9.86. The summed E-state index contributed by atoms with van der Waals surface area (Å²) in [5.41, 5.74) is 0.887. The topological polar surface area (TPSA) is 29.5 Å². The van der Waals surface area contributed by atoms with Gasteiger partial charge in [0.25, 0.3) is 0 Å². The first-order valence-electron chi connectivity index (χ1n) is 6.90. The van der Waals surface area contributed by atoms with E-state index < -0.39 is 8.32 Å². The number of benzene rings is 1. The number of hydrogen-bond acceptors (Lipinski definition) is 2. The van der Waals surface area contributed by atoms with E-state index in [-0.39, 0.29) is 17.1 Å². The lowest BCUT2D eigenvalue weighted by molar-refractivity contribution is 0.218. The molecule has 1 rings (SSSR count). The van der Waals surface area contributed by atoms with Crippen molar-refractivity contribution >= 4 is 8.32 Å². The summed E-state index contributed by atoms with van der Waals surface area (Å²) in [5.74, 6) is 0.922. The first-order chi connectivity index (χ1) is 8.49. The fourth-order valence-electron chi connectivity index (χ4n) is 1.52. The van der Waals surface area contributed by atoms with Gasteiger partial charge in [-0.2, -0.15) is 0 Å². The van der Waals surface area contributed by atoms with Crippen molar-refractivity contribution in [2.45, 2.75) is 58.2 Å². The normalized spacial score (nSPS) is 13.5. The van der Waals surface area contributed by atoms with E-state index in [2.05, 4.69) is 46.0 Å². The summed E-state index contributed by atoms with van der Waals surface area (Å²) in [6.07, 6.45) is 0. The molecule has 0 bridgehead atoms. The lowest BCUT2D eigenvalue weighted by Crippen LogP contribution is -2.43. The molecule has 0 amide bonds. The fraction of sp³-hybridized carbons (Fsp3) is 0.625. The summed E-state index contributed by atoms with van der Waals surface area (Å²) in [6.45, 7) is 15.4. The van der Waals surface area contributed by atoms with Crippen molar-refractivity contribution in [3.8, 4) is 5.75 Å². The molecule has 1 N–H and O–H groups in total. The molecule has 0 unspecified atom stereocenters. The van der Waals surface area contributed by atoms with Crippen molar-refractivity contribution in [3.63, 3.8) is 0 Å². The average Bonchev–Trinajstić information content (AvgIpc) is 2.27. The third-order valence-corrected chi connectivity index (χ3v) is 8.55. The standard InChI is InChI=1S/C16H28O2Si/c1-15(2,3)19(6,7)18-14-10-8-9-13(11-14)16(4,5)12-17/h8-11,17H,12H2,1-7H3. The van der Waals surface area contributed by atoms with Gasteiger partial charge in [-0.25, -0.2) is 0 Å². The van der Waals surface area contributed by atoms with Gasteiger partial charge in [-0.1, -0.05) is 46.8 Å². The summed E-state index contributed by atoms with van der Waals surface area (Å²) < 4.78 is 6.30. The molecule has 1 aromatic rings. The van der Waals surface area contributed by atoms with Gasteiger partial charge < -0.3 is 9.53 Å². The molecule has 0 aliphatic heterocycles. The second kappa shape index (κ2) is 5.29. The molecular formula is C16H28O2Si. The minimum atomic E-state index is -1.80. The smallest absolute Gasteiger partial charge is 0.250 e. The summed E-state index contributed by atoms with van der Waals surface area (Å²) in [5, 5.41) is 9.66. The predicted octanol–water partition coefficient (Wildman–Crippen LogP) is 4.34. The molecule has 0 heterocycles. The van der Waals surface area contributed by atoms with Gasteiger partial charge in [0, 0.05) is 5.41 Å². The third-order valence-electron chi connectivity index (χ3n) is 4.19. The van der Waals surface area contributed by atoms with Crippen LogP contribution in [-0.4, -0.2) is 20.0 Å². The molecule has 1 aromatic carbocycles. The van der Waals surface area contributed by atoms with E-state index in [1.54, 1.807) is 0 Å². The van der Waals surface area contributed by atoms with E-state index in [1.807, 2.05) is 26.0 Å². The Morgan fingerprint density at radius 3 is 2.16 bits per heavy atom. The zero-order valence-corrected chi connectivity index (χ0v) is 14.4. The quantitative estimate of drug-likeness (QED) is 0.831. The van der Waals surface area contributed by atoms with E-state index in [0.717, 1.165) is 11.3 Å².